The molecule has 2 heterocycles. The lowest BCUT2D eigenvalue weighted by Gasteiger charge is -2.32. The smallest absolute Gasteiger partial charge is 0.317 e. The standard InChI is InChI=1S/C17H25N3O4S/c1-2-24-15(21)7-8-18-17(23)20-9-3-5-13(12-20)11-19-16(22)14-6-4-10-25-14/h4,6,10,13H,2-3,5,7-9,11-12H2,1H3,(H,18,23)(H,19,22)/t13-/m1/s1. The molecule has 8 heteroatoms. The number of ether oxygens (including phenoxy) is 1. The Kier molecular flexibility index (Phi) is 7.72. The van der Waals surface area contributed by atoms with Gasteiger partial charge in [0.25, 0.3) is 5.91 Å². The lowest BCUT2D eigenvalue weighted by atomic mass is 9.98. The van der Waals surface area contributed by atoms with E-state index in [2.05, 4.69) is 10.6 Å². The van der Waals surface area contributed by atoms with Crippen LogP contribution in [0.15, 0.2) is 17.5 Å². The van der Waals surface area contributed by atoms with E-state index in [1.54, 1.807) is 17.9 Å². The van der Waals surface area contributed by atoms with E-state index in [4.69, 9.17) is 4.74 Å². The number of thiophene rings is 1. The quantitative estimate of drug-likeness (QED) is 0.720. The van der Waals surface area contributed by atoms with Crippen LogP contribution in [0.1, 0.15) is 35.9 Å². The third-order valence-electron chi connectivity index (χ3n) is 4.01. The molecule has 3 amide bonds. The SMILES string of the molecule is CCOC(=O)CCNC(=O)N1CCC[C@H](CNC(=O)c2cccs2)C1. The molecule has 1 aliphatic heterocycles. The first kappa shape index (κ1) is 19.2. The van der Waals surface area contributed by atoms with Crippen molar-refractivity contribution in [3.05, 3.63) is 22.4 Å². The van der Waals surface area contributed by atoms with E-state index < -0.39 is 0 Å². The second kappa shape index (κ2) is 10.0. The highest BCUT2D eigenvalue weighted by atomic mass is 32.1. The molecule has 1 aromatic rings. The Labute approximate surface area is 151 Å². The summed E-state index contributed by atoms with van der Waals surface area (Å²) in [4.78, 5) is 37.9. The van der Waals surface area contributed by atoms with Gasteiger partial charge < -0.3 is 20.3 Å². The maximum Gasteiger partial charge on any atom is 0.317 e. The molecule has 2 N–H and O–H groups in total. The van der Waals surface area contributed by atoms with Gasteiger partial charge in [-0.25, -0.2) is 4.79 Å². The van der Waals surface area contributed by atoms with E-state index in [1.807, 2.05) is 11.4 Å². The van der Waals surface area contributed by atoms with E-state index in [0.29, 0.717) is 31.1 Å². The number of hydrogen-bond donors (Lipinski definition) is 2. The van der Waals surface area contributed by atoms with Crippen LogP contribution in [-0.4, -0.2) is 55.6 Å². The van der Waals surface area contributed by atoms with Crippen LogP contribution in [0.25, 0.3) is 0 Å². The van der Waals surface area contributed by atoms with Gasteiger partial charge >= 0.3 is 12.0 Å². The minimum Gasteiger partial charge on any atom is -0.466 e. The molecule has 138 valence electrons. The average molecular weight is 367 g/mol. The monoisotopic (exact) mass is 367 g/mol. The van der Waals surface area contributed by atoms with Crippen LogP contribution in [0.3, 0.4) is 0 Å². The van der Waals surface area contributed by atoms with Gasteiger partial charge in [-0.2, -0.15) is 0 Å². The van der Waals surface area contributed by atoms with Crippen molar-refractivity contribution in [3.8, 4) is 0 Å². The van der Waals surface area contributed by atoms with Crippen LogP contribution in [0, 0.1) is 5.92 Å². The Hall–Kier alpha value is -2.09. The third kappa shape index (κ3) is 6.38. The van der Waals surface area contributed by atoms with Gasteiger partial charge in [-0.3, -0.25) is 9.59 Å². The normalized spacial score (nSPS) is 17.0. The number of carbonyl (C=O) groups is 3. The number of nitrogens with one attached hydrogen (secondary N) is 2. The molecule has 7 nitrogen and oxygen atoms in total. The number of carbonyl (C=O) groups excluding carboxylic acids is 3. The molecular weight excluding hydrogens is 342 g/mol. The highest BCUT2D eigenvalue weighted by molar-refractivity contribution is 7.12. The molecule has 0 radical (unpaired) electrons. The van der Waals surface area contributed by atoms with Gasteiger partial charge in [0.2, 0.25) is 0 Å². The summed E-state index contributed by atoms with van der Waals surface area (Å²) < 4.78 is 4.83. The predicted molar refractivity (Wildman–Crippen MR) is 95.6 cm³/mol. The number of nitrogens with zero attached hydrogens (tertiary/aromatic N) is 1. The molecule has 0 bridgehead atoms. The van der Waals surface area contributed by atoms with Crippen LogP contribution in [0.5, 0.6) is 0 Å². The first-order valence-electron chi connectivity index (χ1n) is 8.60. The first-order chi connectivity index (χ1) is 12.1. The number of amides is 3. The lowest BCUT2D eigenvalue weighted by Crippen LogP contribution is -2.48. The summed E-state index contributed by atoms with van der Waals surface area (Å²) in [7, 11) is 0. The fraction of sp³-hybridized carbons (Fsp3) is 0.588. The Balaban J connectivity index is 1.69. The number of likely N-dealkylation sites (tertiary alicyclic amines) is 1. The molecule has 0 spiro atoms. The van der Waals surface area contributed by atoms with Crippen LogP contribution in [0.4, 0.5) is 4.79 Å². The minimum absolute atomic E-state index is 0.0639. The van der Waals surface area contributed by atoms with Crippen molar-refractivity contribution in [1.29, 1.82) is 0 Å². The van der Waals surface area contributed by atoms with Crippen molar-refractivity contribution in [2.45, 2.75) is 26.2 Å². The Morgan fingerprint density at radius 2 is 2.20 bits per heavy atom. The summed E-state index contributed by atoms with van der Waals surface area (Å²) in [5.41, 5.74) is 0. The number of rotatable bonds is 7. The molecule has 1 saturated heterocycles. The minimum atomic E-state index is -0.310. The van der Waals surface area contributed by atoms with Gasteiger partial charge in [-0.05, 0) is 37.1 Å². The van der Waals surface area contributed by atoms with Crippen molar-refractivity contribution in [3.63, 3.8) is 0 Å². The predicted octanol–water partition coefficient (Wildman–Crippen LogP) is 1.85. The summed E-state index contributed by atoms with van der Waals surface area (Å²) in [5, 5.41) is 7.56. The summed E-state index contributed by atoms with van der Waals surface area (Å²) in [6.45, 7) is 4.23. The van der Waals surface area contributed by atoms with Gasteiger partial charge in [0, 0.05) is 26.2 Å². The lowest BCUT2D eigenvalue weighted by molar-refractivity contribution is -0.142. The highest BCUT2D eigenvalue weighted by Gasteiger charge is 2.24. The zero-order valence-electron chi connectivity index (χ0n) is 14.5. The molecular formula is C17H25N3O4S. The fourth-order valence-corrected chi connectivity index (χ4v) is 3.40. The summed E-state index contributed by atoms with van der Waals surface area (Å²) in [6, 6.07) is 3.48. The molecule has 1 aliphatic rings. The van der Waals surface area contributed by atoms with Gasteiger partial charge in [-0.15, -0.1) is 11.3 Å². The molecule has 0 aromatic carbocycles. The van der Waals surface area contributed by atoms with Gasteiger partial charge in [-0.1, -0.05) is 6.07 Å². The molecule has 0 saturated carbocycles. The van der Waals surface area contributed by atoms with Crippen molar-refractivity contribution >= 4 is 29.2 Å². The third-order valence-corrected chi connectivity index (χ3v) is 4.88. The van der Waals surface area contributed by atoms with E-state index in [9.17, 15) is 14.4 Å². The Bertz CT molecular complexity index is 576. The van der Waals surface area contributed by atoms with E-state index in [0.717, 1.165) is 12.8 Å². The molecule has 0 unspecified atom stereocenters. The van der Waals surface area contributed by atoms with Crippen LogP contribution >= 0.6 is 11.3 Å². The second-order valence-electron chi connectivity index (χ2n) is 5.93. The van der Waals surface area contributed by atoms with E-state index in [1.165, 1.54) is 11.3 Å². The maximum absolute atomic E-state index is 12.2. The fourth-order valence-electron chi connectivity index (χ4n) is 2.76. The van der Waals surface area contributed by atoms with Crippen LogP contribution in [0.2, 0.25) is 0 Å². The molecule has 1 aromatic heterocycles. The zero-order valence-corrected chi connectivity index (χ0v) is 15.3. The number of esters is 1. The first-order valence-corrected chi connectivity index (χ1v) is 9.48. The summed E-state index contributed by atoms with van der Waals surface area (Å²) in [5.74, 6) is -0.130. The average Bonchev–Trinajstić information content (AvgIpc) is 3.15. The molecule has 0 aliphatic carbocycles. The molecule has 1 atom stereocenters. The van der Waals surface area contributed by atoms with Crippen molar-refractivity contribution in [2.75, 3.05) is 32.8 Å². The maximum atomic E-state index is 12.2. The van der Waals surface area contributed by atoms with Crippen molar-refractivity contribution in [2.24, 2.45) is 5.92 Å². The Morgan fingerprint density at radius 3 is 2.92 bits per heavy atom. The summed E-state index contributed by atoms with van der Waals surface area (Å²) in [6.07, 6.45) is 2.07. The summed E-state index contributed by atoms with van der Waals surface area (Å²) >= 11 is 1.41. The van der Waals surface area contributed by atoms with Crippen LogP contribution in [-0.2, 0) is 9.53 Å². The van der Waals surface area contributed by atoms with Crippen molar-refractivity contribution < 1.29 is 19.1 Å². The van der Waals surface area contributed by atoms with Gasteiger partial charge in [0.05, 0.1) is 17.9 Å². The van der Waals surface area contributed by atoms with Gasteiger partial charge in [0.1, 0.15) is 0 Å². The largest absolute Gasteiger partial charge is 0.466 e. The zero-order chi connectivity index (χ0) is 18.1. The Morgan fingerprint density at radius 1 is 1.36 bits per heavy atom. The number of hydrogen-bond acceptors (Lipinski definition) is 5. The van der Waals surface area contributed by atoms with Gasteiger partial charge in [0.15, 0.2) is 0 Å². The van der Waals surface area contributed by atoms with E-state index in [-0.39, 0.29) is 36.8 Å². The second-order valence-corrected chi connectivity index (χ2v) is 6.88. The van der Waals surface area contributed by atoms with Crippen molar-refractivity contribution in [1.82, 2.24) is 15.5 Å². The molecule has 2 rings (SSSR count). The number of piperidine rings is 1. The highest BCUT2D eigenvalue weighted by Crippen LogP contribution is 2.16. The topological polar surface area (TPSA) is 87.7 Å². The number of urea groups is 1. The van der Waals surface area contributed by atoms with E-state index >= 15 is 0 Å². The molecule has 25 heavy (non-hydrogen) atoms. The van der Waals surface area contributed by atoms with Crippen LogP contribution < -0.4 is 10.6 Å². The molecule has 1 fully saturated rings.